The van der Waals surface area contributed by atoms with Gasteiger partial charge in [0.2, 0.25) is 0 Å². The van der Waals surface area contributed by atoms with Crippen LogP contribution in [0, 0.1) is 13.8 Å². The highest BCUT2D eigenvalue weighted by Crippen LogP contribution is 2.45. The zero-order valence-electron chi connectivity index (χ0n) is 14.1. The molecule has 1 aliphatic rings. The first-order valence-electron chi connectivity index (χ1n) is 8.05. The fourth-order valence-electron chi connectivity index (χ4n) is 3.79. The van der Waals surface area contributed by atoms with Gasteiger partial charge in [0, 0.05) is 12.2 Å². The molecule has 0 radical (unpaired) electrons. The maximum Gasteiger partial charge on any atom is 0.126 e. The number of nitrogens with one attached hydrogen (secondary N) is 1. The van der Waals surface area contributed by atoms with Crippen LogP contribution in [0.25, 0.3) is 0 Å². The van der Waals surface area contributed by atoms with E-state index in [1.807, 2.05) is 7.05 Å². The number of aryl methyl sites for hydroxylation is 1. The van der Waals surface area contributed by atoms with E-state index in [0.717, 1.165) is 25.2 Å². The van der Waals surface area contributed by atoms with Crippen LogP contribution in [0.4, 0.5) is 0 Å². The van der Waals surface area contributed by atoms with Gasteiger partial charge in [0.1, 0.15) is 5.75 Å². The molecule has 1 aromatic carbocycles. The van der Waals surface area contributed by atoms with E-state index in [0.29, 0.717) is 0 Å². The summed E-state index contributed by atoms with van der Waals surface area (Å²) in [7, 11) is 3.79. The zero-order valence-corrected chi connectivity index (χ0v) is 14.1. The molecule has 0 aromatic heterocycles. The summed E-state index contributed by atoms with van der Waals surface area (Å²) in [6.07, 6.45) is 4.71. The summed E-state index contributed by atoms with van der Waals surface area (Å²) in [6, 6.07) is 4.56. The van der Waals surface area contributed by atoms with Gasteiger partial charge in [-0.1, -0.05) is 25.0 Å². The van der Waals surface area contributed by atoms with Crippen LogP contribution in [0.5, 0.6) is 5.75 Å². The molecule has 1 atom stereocenters. The lowest BCUT2D eigenvalue weighted by Gasteiger charge is -2.38. The summed E-state index contributed by atoms with van der Waals surface area (Å²) in [6.45, 7) is 7.10. The lowest BCUT2D eigenvalue weighted by Crippen LogP contribution is -2.43. The van der Waals surface area contributed by atoms with Crippen LogP contribution in [0.1, 0.15) is 55.3 Å². The monoisotopic (exact) mass is 291 g/mol. The van der Waals surface area contributed by atoms with Gasteiger partial charge in [-0.2, -0.15) is 0 Å². The Hall–Kier alpha value is -1.06. The molecule has 0 spiro atoms. The van der Waals surface area contributed by atoms with Gasteiger partial charge in [-0.3, -0.25) is 0 Å². The highest BCUT2D eigenvalue weighted by atomic mass is 16.5. The smallest absolute Gasteiger partial charge is 0.126 e. The number of rotatable bonds is 6. The first-order valence-corrected chi connectivity index (χ1v) is 8.05. The van der Waals surface area contributed by atoms with E-state index in [2.05, 4.69) is 38.2 Å². The fourth-order valence-corrected chi connectivity index (χ4v) is 3.79. The van der Waals surface area contributed by atoms with E-state index in [4.69, 9.17) is 9.47 Å². The molecule has 0 amide bonds. The lowest BCUT2D eigenvalue weighted by atomic mass is 9.85. The minimum absolute atomic E-state index is 0.0987. The first kappa shape index (κ1) is 16.3. The molecular formula is C18H29NO2. The number of hydrogen-bond donors (Lipinski definition) is 1. The van der Waals surface area contributed by atoms with Crippen molar-refractivity contribution in [3.8, 4) is 5.75 Å². The quantitative estimate of drug-likeness (QED) is 0.861. The summed E-state index contributed by atoms with van der Waals surface area (Å²) >= 11 is 0. The molecule has 1 saturated carbocycles. The molecule has 0 aliphatic heterocycles. The van der Waals surface area contributed by atoms with E-state index in [9.17, 15) is 0 Å². The highest BCUT2D eigenvalue weighted by Gasteiger charge is 2.43. The molecule has 2 rings (SSSR count). The number of likely N-dealkylation sites (N-methyl/N-ethyl adjacent to an activating group) is 1. The van der Waals surface area contributed by atoms with Crippen LogP contribution in [0.3, 0.4) is 0 Å². The van der Waals surface area contributed by atoms with Gasteiger partial charge in [0.25, 0.3) is 0 Å². The molecule has 0 bridgehead atoms. The second-order valence-electron chi connectivity index (χ2n) is 6.06. The zero-order chi connectivity index (χ0) is 15.5. The Morgan fingerprint density at radius 3 is 2.43 bits per heavy atom. The first-order chi connectivity index (χ1) is 10.1. The Morgan fingerprint density at radius 1 is 1.24 bits per heavy atom. The van der Waals surface area contributed by atoms with Gasteiger partial charge in [-0.05, 0) is 51.8 Å². The van der Waals surface area contributed by atoms with Gasteiger partial charge in [-0.25, -0.2) is 0 Å². The van der Waals surface area contributed by atoms with Crippen LogP contribution in [0.2, 0.25) is 0 Å². The molecule has 21 heavy (non-hydrogen) atoms. The molecule has 1 fully saturated rings. The molecule has 1 aromatic rings. The average molecular weight is 291 g/mol. The summed E-state index contributed by atoms with van der Waals surface area (Å²) in [5.41, 5.74) is 3.61. The standard InChI is InChI=1S/C18H29NO2/c1-6-21-18(11-7-8-12-18)17(19-4)15-10-9-13(2)14(3)16(15)20-5/h9-10,17,19H,6-8,11-12H2,1-5H3. The summed E-state index contributed by atoms with van der Waals surface area (Å²) in [4.78, 5) is 0. The van der Waals surface area contributed by atoms with Crippen LogP contribution in [-0.4, -0.2) is 26.4 Å². The van der Waals surface area contributed by atoms with Crippen molar-refractivity contribution in [1.29, 1.82) is 0 Å². The summed E-state index contributed by atoms with van der Waals surface area (Å²) in [5, 5.41) is 3.50. The maximum atomic E-state index is 6.25. The molecule has 118 valence electrons. The second kappa shape index (κ2) is 6.80. The van der Waals surface area contributed by atoms with Crippen molar-refractivity contribution < 1.29 is 9.47 Å². The van der Waals surface area contributed by atoms with Crippen molar-refractivity contribution in [3.05, 3.63) is 28.8 Å². The highest BCUT2D eigenvalue weighted by molar-refractivity contribution is 5.47. The lowest BCUT2D eigenvalue weighted by molar-refractivity contribution is -0.0614. The molecule has 1 aliphatic carbocycles. The summed E-state index contributed by atoms with van der Waals surface area (Å²) < 4.78 is 12.0. The van der Waals surface area contributed by atoms with Crippen LogP contribution >= 0.6 is 0 Å². The topological polar surface area (TPSA) is 30.5 Å². The maximum absolute atomic E-state index is 6.25. The van der Waals surface area contributed by atoms with Crippen molar-refractivity contribution in [3.63, 3.8) is 0 Å². The predicted octanol–water partition coefficient (Wildman–Crippen LogP) is 3.92. The molecule has 1 unspecified atom stereocenters. The van der Waals surface area contributed by atoms with Gasteiger partial charge >= 0.3 is 0 Å². The molecule has 3 heteroatoms. The molecule has 1 N–H and O–H groups in total. The van der Waals surface area contributed by atoms with E-state index in [1.54, 1.807) is 7.11 Å². The van der Waals surface area contributed by atoms with Crippen molar-refractivity contribution >= 4 is 0 Å². The minimum Gasteiger partial charge on any atom is -0.496 e. The normalized spacial score (nSPS) is 18.7. The second-order valence-corrected chi connectivity index (χ2v) is 6.06. The average Bonchev–Trinajstić information content (AvgIpc) is 2.93. The third-order valence-corrected chi connectivity index (χ3v) is 4.92. The number of hydrogen-bond acceptors (Lipinski definition) is 3. The van der Waals surface area contributed by atoms with Crippen molar-refractivity contribution in [2.24, 2.45) is 0 Å². The Labute approximate surface area is 129 Å². The van der Waals surface area contributed by atoms with Gasteiger partial charge in [0.05, 0.1) is 18.8 Å². The molecule has 0 heterocycles. The Bertz CT molecular complexity index is 478. The fraction of sp³-hybridized carbons (Fsp3) is 0.667. The van der Waals surface area contributed by atoms with Crippen LogP contribution < -0.4 is 10.1 Å². The Morgan fingerprint density at radius 2 is 1.90 bits per heavy atom. The largest absolute Gasteiger partial charge is 0.496 e. The third kappa shape index (κ3) is 2.95. The van der Waals surface area contributed by atoms with Crippen molar-refractivity contribution in [2.75, 3.05) is 20.8 Å². The molecular weight excluding hydrogens is 262 g/mol. The number of methoxy groups -OCH3 is 1. The van der Waals surface area contributed by atoms with E-state index in [-0.39, 0.29) is 11.6 Å². The number of ether oxygens (including phenoxy) is 2. The van der Waals surface area contributed by atoms with E-state index in [1.165, 1.54) is 29.5 Å². The van der Waals surface area contributed by atoms with Crippen LogP contribution in [-0.2, 0) is 4.74 Å². The number of benzene rings is 1. The minimum atomic E-state index is -0.0987. The SMILES string of the molecule is CCOC1(C(NC)c2ccc(C)c(C)c2OC)CCCC1. The van der Waals surface area contributed by atoms with E-state index < -0.39 is 0 Å². The van der Waals surface area contributed by atoms with Gasteiger partial charge in [0.15, 0.2) is 0 Å². The Kier molecular flexibility index (Phi) is 5.28. The summed E-state index contributed by atoms with van der Waals surface area (Å²) in [5.74, 6) is 1.00. The van der Waals surface area contributed by atoms with Crippen molar-refractivity contribution in [2.45, 2.75) is 58.1 Å². The predicted molar refractivity (Wildman–Crippen MR) is 87.1 cm³/mol. The van der Waals surface area contributed by atoms with Gasteiger partial charge < -0.3 is 14.8 Å². The van der Waals surface area contributed by atoms with Crippen molar-refractivity contribution in [1.82, 2.24) is 5.32 Å². The molecule has 0 saturated heterocycles. The Balaban J connectivity index is 2.48. The van der Waals surface area contributed by atoms with Crippen LogP contribution in [0.15, 0.2) is 12.1 Å². The third-order valence-electron chi connectivity index (χ3n) is 4.92. The van der Waals surface area contributed by atoms with Gasteiger partial charge in [-0.15, -0.1) is 0 Å². The molecule has 3 nitrogen and oxygen atoms in total. The van der Waals surface area contributed by atoms with E-state index >= 15 is 0 Å².